The lowest BCUT2D eigenvalue weighted by molar-refractivity contribution is 0.0638. The number of aliphatic hydroxyl groups excluding tert-OH is 1. The molecule has 1 aromatic heterocycles. The number of aliphatic hydroxyl groups is 1. The predicted octanol–water partition coefficient (Wildman–Crippen LogP) is 2.09. The van der Waals surface area contributed by atoms with Crippen LogP contribution in [0.1, 0.15) is 23.3 Å². The molecule has 1 fully saturated rings. The average molecular weight is 342 g/mol. The summed E-state index contributed by atoms with van der Waals surface area (Å²) < 4.78 is 13.0. The summed E-state index contributed by atoms with van der Waals surface area (Å²) in [6, 6.07) is 9.28. The van der Waals surface area contributed by atoms with E-state index in [0.717, 1.165) is 24.3 Å². The van der Waals surface area contributed by atoms with Crippen LogP contribution in [0, 0.1) is 5.92 Å². The molecule has 2 aromatic rings. The summed E-state index contributed by atoms with van der Waals surface area (Å²) in [5.41, 5.74) is 1.40. The average Bonchev–Trinajstić information content (AvgIpc) is 3.37. The van der Waals surface area contributed by atoms with Gasteiger partial charge in [-0.15, -0.1) is 0 Å². The number of nitrogens with zero attached hydrogens (tertiary/aromatic N) is 2. The van der Waals surface area contributed by atoms with Gasteiger partial charge >= 0.3 is 0 Å². The van der Waals surface area contributed by atoms with Crippen molar-refractivity contribution in [1.82, 2.24) is 9.47 Å². The molecule has 0 saturated heterocycles. The number of rotatable bonds is 5. The number of carbonyl (C=O) groups is 1. The van der Waals surface area contributed by atoms with Gasteiger partial charge in [-0.05, 0) is 43.0 Å². The van der Waals surface area contributed by atoms with Crippen molar-refractivity contribution in [3.05, 3.63) is 42.2 Å². The van der Waals surface area contributed by atoms with Crippen LogP contribution in [-0.2, 0) is 0 Å². The molecular weight excluding hydrogens is 320 g/mol. The van der Waals surface area contributed by atoms with E-state index in [1.807, 2.05) is 35.0 Å². The van der Waals surface area contributed by atoms with Crippen LogP contribution in [0.25, 0.3) is 5.69 Å². The smallest absolute Gasteiger partial charge is 0.270 e. The normalized spacial score (nSPS) is 17.2. The van der Waals surface area contributed by atoms with Crippen molar-refractivity contribution in [3.8, 4) is 17.2 Å². The van der Waals surface area contributed by atoms with Crippen LogP contribution in [-0.4, -0.2) is 53.4 Å². The van der Waals surface area contributed by atoms with Gasteiger partial charge in [0.1, 0.15) is 18.9 Å². The summed E-state index contributed by atoms with van der Waals surface area (Å²) in [6.07, 6.45) is 3.52. The van der Waals surface area contributed by atoms with Crippen molar-refractivity contribution >= 4 is 5.91 Å². The highest BCUT2D eigenvalue weighted by atomic mass is 16.6. The Balaban J connectivity index is 1.56. The fourth-order valence-electron chi connectivity index (χ4n) is 3.15. The van der Waals surface area contributed by atoms with Gasteiger partial charge < -0.3 is 24.0 Å². The first-order valence-corrected chi connectivity index (χ1v) is 8.64. The first-order valence-electron chi connectivity index (χ1n) is 8.64. The first kappa shape index (κ1) is 16.0. The predicted molar refractivity (Wildman–Crippen MR) is 92.5 cm³/mol. The summed E-state index contributed by atoms with van der Waals surface area (Å²) in [4.78, 5) is 14.4. The van der Waals surface area contributed by atoms with Crippen molar-refractivity contribution in [2.75, 3.05) is 26.8 Å². The molecule has 0 bridgehead atoms. The van der Waals surface area contributed by atoms with Crippen LogP contribution >= 0.6 is 0 Å². The van der Waals surface area contributed by atoms with Crippen LogP contribution in [0.4, 0.5) is 0 Å². The Kier molecular flexibility index (Phi) is 4.13. The minimum atomic E-state index is -0.438. The highest BCUT2D eigenvalue weighted by molar-refractivity contribution is 5.93. The molecule has 6 nitrogen and oxygen atoms in total. The Morgan fingerprint density at radius 2 is 2.04 bits per heavy atom. The van der Waals surface area contributed by atoms with Crippen molar-refractivity contribution < 1.29 is 19.4 Å². The Labute approximate surface area is 146 Å². The SMILES string of the molecule is CN(C[C@@H](O)C1CC1)C(=O)c1cccn1-c1ccc2c(c1)OCCO2. The third-order valence-electron chi connectivity index (χ3n) is 4.75. The molecule has 4 rings (SSSR count). The van der Waals surface area contributed by atoms with E-state index in [0.29, 0.717) is 37.1 Å². The second kappa shape index (κ2) is 6.44. The summed E-state index contributed by atoms with van der Waals surface area (Å²) in [7, 11) is 1.73. The minimum Gasteiger partial charge on any atom is -0.486 e. The largest absolute Gasteiger partial charge is 0.486 e. The maximum atomic E-state index is 12.8. The molecule has 0 unspecified atom stereocenters. The van der Waals surface area contributed by atoms with Crippen LogP contribution in [0.3, 0.4) is 0 Å². The summed E-state index contributed by atoms with van der Waals surface area (Å²) in [6.45, 7) is 1.43. The monoisotopic (exact) mass is 342 g/mol. The van der Waals surface area contributed by atoms with Gasteiger partial charge in [-0.3, -0.25) is 4.79 Å². The quantitative estimate of drug-likeness (QED) is 0.904. The standard InChI is InChI=1S/C19H22N2O4/c1-20(12-16(22)13-4-5-13)19(23)15-3-2-8-21(15)14-6-7-17-18(11-14)25-10-9-24-17/h2-3,6-8,11,13,16,22H,4-5,9-10,12H2,1H3/t16-/m1/s1. The van der Waals surface area contributed by atoms with Gasteiger partial charge in [-0.25, -0.2) is 0 Å². The van der Waals surface area contributed by atoms with Gasteiger partial charge in [0.05, 0.1) is 6.10 Å². The first-order chi connectivity index (χ1) is 12.1. The maximum Gasteiger partial charge on any atom is 0.270 e. The Morgan fingerprint density at radius 3 is 2.80 bits per heavy atom. The second-order valence-electron chi connectivity index (χ2n) is 6.68. The van der Waals surface area contributed by atoms with E-state index >= 15 is 0 Å². The molecule has 6 heteroatoms. The summed E-state index contributed by atoms with van der Waals surface area (Å²) >= 11 is 0. The summed E-state index contributed by atoms with van der Waals surface area (Å²) in [5.74, 6) is 1.65. The number of benzene rings is 1. The molecule has 0 radical (unpaired) electrons. The van der Waals surface area contributed by atoms with Gasteiger partial charge in [-0.1, -0.05) is 0 Å². The van der Waals surface area contributed by atoms with Gasteiger partial charge in [0.15, 0.2) is 11.5 Å². The zero-order valence-corrected chi connectivity index (χ0v) is 14.2. The number of ether oxygens (including phenoxy) is 2. The van der Waals surface area contributed by atoms with E-state index in [4.69, 9.17) is 9.47 Å². The second-order valence-corrected chi connectivity index (χ2v) is 6.68. The van der Waals surface area contributed by atoms with E-state index in [9.17, 15) is 9.90 Å². The third-order valence-corrected chi connectivity index (χ3v) is 4.75. The molecule has 2 aliphatic rings. The lowest BCUT2D eigenvalue weighted by atomic mass is 10.2. The van der Waals surface area contributed by atoms with E-state index in [2.05, 4.69) is 0 Å². The van der Waals surface area contributed by atoms with Crippen LogP contribution < -0.4 is 9.47 Å². The van der Waals surface area contributed by atoms with E-state index < -0.39 is 6.10 Å². The number of amides is 1. The molecule has 1 aliphatic heterocycles. The summed E-state index contributed by atoms with van der Waals surface area (Å²) in [5, 5.41) is 10.1. The topological polar surface area (TPSA) is 63.9 Å². The Bertz CT molecular complexity index is 781. The van der Waals surface area contributed by atoms with Gasteiger partial charge in [-0.2, -0.15) is 0 Å². The Hall–Kier alpha value is -2.47. The van der Waals surface area contributed by atoms with E-state index in [1.54, 1.807) is 18.0 Å². The van der Waals surface area contributed by atoms with Crippen molar-refractivity contribution in [3.63, 3.8) is 0 Å². The van der Waals surface area contributed by atoms with Crippen molar-refractivity contribution in [1.29, 1.82) is 0 Å². The van der Waals surface area contributed by atoms with E-state index in [-0.39, 0.29) is 5.91 Å². The highest BCUT2D eigenvalue weighted by Gasteiger charge is 2.31. The molecule has 132 valence electrons. The molecule has 1 N–H and O–H groups in total. The number of carbonyl (C=O) groups excluding carboxylic acids is 1. The molecule has 0 spiro atoms. The zero-order valence-electron chi connectivity index (χ0n) is 14.2. The maximum absolute atomic E-state index is 12.8. The molecule has 1 atom stereocenters. The minimum absolute atomic E-state index is 0.111. The fraction of sp³-hybridized carbons (Fsp3) is 0.421. The van der Waals surface area contributed by atoms with Crippen LogP contribution in [0.2, 0.25) is 0 Å². The number of fused-ring (bicyclic) bond motifs is 1. The van der Waals surface area contributed by atoms with Gasteiger partial charge in [0, 0.05) is 31.5 Å². The molecule has 1 amide bonds. The molecule has 25 heavy (non-hydrogen) atoms. The molecule has 1 saturated carbocycles. The lowest BCUT2D eigenvalue weighted by Crippen LogP contribution is -2.36. The fourth-order valence-corrected chi connectivity index (χ4v) is 3.15. The zero-order chi connectivity index (χ0) is 17.4. The molecular formula is C19H22N2O4. The molecule has 1 aromatic carbocycles. The number of hydrogen-bond donors (Lipinski definition) is 1. The van der Waals surface area contributed by atoms with Gasteiger partial charge in [0.25, 0.3) is 5.91 Å². The number of hydrogen-bond acceptors (Lipinski definition) is 4. The number of likely N-dealkylation sites (N-methyl/N-ethyl adjacent to an activating group) is 1. The third kappa shape index (κ3) is 3.22. The van der Waals surface area contributed by atoms with Crippen molar-refractivity contribution in [2.45, 2.75) is 18.9 Å². The molecule has 2 heterocycles. The number of aromatic nitrogens is 1. The van der Waals surface area contributed by atoms with Crippen LogP contribution in [0.15, 0.2) is 36.5 Å². The van der Waals surface area contributed by atoms with E-state index in [1.165, 1.54) is 0 Å². The Morgan fingerprint density at radius 1 is 1.28 bits per heavy atom. The highest BCUT2D eigenvalue weighted by Crippen LogP contribution is 2.34. The van der Waals surface area contributed by atoms with Crippen LogP contribution in [0.5, 0.6) is 11.5 Å². The molecule has 1 aliphatic carbocycles. The van der Waals surface area contributed by atoms with Gasteiger partial charge in [0.2, 0.25) is 0 Å². The van der Waals surface area contributed by atoms with Crippen molar-refractivity contribution in [2.24, 2.45) is 5.92 Å². The lowest BCUT2D eigenvalue weighted by Gasteiger charge is -2.22.